The molecule has 0 amide bonds. The first-order chi connectivity index (χ1) is 5.60. The molecule has 12 heavy (non-hydrogen) atoms. The Kier molecular flexibility index (Phi) is 2.94. The fourth-order valence-corrected chi connectivity index (χ4v) is 2.11. The fourth-order valence-electron chi connectivity index (χ4n) is 2.11. The van der Waals surface area contributed by atoms with Crippen molar-refractivity contribution in [3.8, 4) is 0 Å². The minimum atomic E-state index is 0.425. The Morgan fingerprint density at radius 1 is 1.58 bits per heavy atom. The van der Waals surface area contributed by atoms with Crippen LogP contribution in [0.2, 0.25) is 0 Å². The van der Waals surface area contributed by atoms with Gasteiger partial charge in [0.25, 0.3) is 0 Å². The maximum atomic E-state index is 5.74. The van der Waals surface area contributed by atoms with E-state index in [4.69, 9.17) is 5.73 Å². The predicted molar refractivity (Wildman–Crippen MR) is 53.9 cm³/mol. The van der Waals surface area contributed by atoms with Crippen molar-refractivity contribution in [2.24, 2.45) is 17.1 Å². The van der Waals surface area contributed by atoms with Crippen molar-refractivity contribution < 1.29 is 0 Å². The molecule has 0 fully saturated rings. The van der Waals surface area contributed by atoms with E-state index in [1.54, 1.807) is 5.57 Å². The molecule has 0 saturated carbocycles. The molecule has 0 aliphatic heterocycles. The van der Waals surface area contributed by atoms with Crippen molar-refractivity contribution in [1.82, 2.24) is 0 Å². The number of hydrogen-bond donors (Lipinski definition) is 1. The van der Waals surface area contributed by atoms with Gasteiger partial charge < -0.3 is 5.73 Å². The molecule has 1 heteroatoms. The lowest BCUT2D eigenvalue weighted by Gasteiger charge is -2.37. The molecule has 1 aliphatic carbocycles. The van der Waals surface area contributed by atoms with Crippen LogP contribution >= 0.6 is 0 Å². The molecule has 0 aromatic heterocycles. The van der Waals surface area contributed by atoms with Crippen LogP contribution in [0.15, 0.2) is 11.6 Å². The van der Waals surface area contributed by atoms with E-state index >= 15 is 0 Å². The van der Waals surface area contributed by atoms with E-state index in [0.717, 1.165) is 6.54 Å². The number of allylic oxidation sites excluding steroid dienone is 2. The first-order valence-corrected chi connectivity index (χ1v) is 4.98. The van der Waals surface area contributed by atoms with E-state index in [1.165, 1.54) is 19.3 Å². The van der Waals surface area contributed by atoms with E-state index in [2.05, 4.69) is 26.8 Å². The van der Waals surface area contributed by atoms with Crippen LogP contribution in [-0.2, 0) is 0 Å². The van der Waals surface area contributed by atoms with Gasteiger partial charge in [-0.05, 0) is 37.1 Å². The van der Waals surface area contributed by atoms with Gasteiger partial charge in [-0.3, -0.25) is 0 Å². The van der Waals surface area contributed by atoms with Crippen molar-refractivity contribution in [1.29, 1.82) is 0 Å². The van der Waals surface area contributed by atoms with Gasteiger partial charge in [0, 0.05) is 0 Å². The highest BCUT2D eigenvalue weighted by Crippen LogP contribution is 2.40. The largest absolute Gasteiger partial charge is 0.330 e. The summed E-state index contributed by atoms with van der Waals surface area (Å²) in [6.45, 7) is 7.76. The van der Waals surface area contributed by atoms with Crippen molar-refractivity contribution >= 4 is 0 Å². The normalized spacial score (nSPS) is 28.3. The zero-order chi connectivity index (χ0) is 9.19. The van der Waals surface area contributed by atoms with Gasteiger partial charge in [0.15, 0.2) is 0 Å². The van der Waals surface area contributed by atoms with E-state index < -0.39 is 0 Å². The summed E-state index contributed by atoms with van der Waals surface area (Å²) in [4.78, 5) is 0. The average molecular weight is 167 g/mol. The molecule has 1 nitrogen and oxygen atoms in total. The Labute approximate surface area is 76.0 Å². The molecule has 0 aromatic carbocycles. The fraction of sp³-hybridized carbons (Fsp3) is 0.818. The maximum absolute atomic E-state index is 5.74. The van der Waals surface area contributed by atoms with Crippen LogP contribution in [0.1, 0.15) is 40.0 Å². The van der Waals surface area contributed by atoms with Crippen LogP contribution in [-0.4, -0.2) is 6.54 Å². The summed E-state index contributed by atoms with van der Waals surface area (Å²) in [6.07, 6.45) is 6.03. The van der Waals surface area contributed by atoms with Crippen LogP contribution in [0.4, 0.5) is 0 Å². The van der Waals surface area contributed by atoms with Crippen molar-refractivity contribution in [3.63, 3.8) is 0 Å². The van der Waals surface area contributed by atoms with Gasteiger partial charge in [0.1, 0.15) is 0 Å². The third kappa shape index (κ3) is 1.89. The van der Waals surface area contributed by atoms with Crippen LogP contribution in [0.25, 0.3) is 0 Å². The zero-order valence-corrected chi connectivity index (χ0v) is 8.56. The minimum Gasteiger partial charge on any atom is -0.330 e. The van der Waals surface area contributed by atoms with Gasteiger partial charge in [0.2, 0.25) is 0 Å². The Balaban J connectivity index is 2.70. The van der Waals surface area contributed by atoms with Crippen LogP contribution in [0, 0.1) is 11.3 Å². The van der Waals surface area contributed by atoms with Gasteiger partial charge in [-0.2, -0.15) is 0 Å². The zero-order valence-electron chi connectivity index (χ0n) is 8.56. The molecule has 0 saturated heterocycles. The molecule has 1 unspecified atom stereocenters. The summed E-state index contributed by atoms with van der Waals surface area (Å²) in [6, 6.07) is 0. The lowest BCUT2D eigenvalue weighted by Crippen LogP contribution is -2.33. The second-order valence-corrected chi connectivity index (χ2v) is 4.55. The van der Waals surface area contributed by atoms with E-state index in [-0.39, 0.29) is 0 Å². The minimum absolute atomic E-state index is 0.425. The number of rotatable bonds is 2. The molecule has 1 atom stereocenters. The SMILES string of the molecule is CCC1=CCC(CN)C(C)(C)C1. The Morgan fingerprint density at radius 2 is 2.25 bits per heavy atom. The molecule has 0 spiro atoms. The van der Waals surface area contributed by atoms with Gasteiger partial charge in [-0.25, -0.2) is 0 Å². The lowest BCUT2D eigenvalue weighted by atomic mass is 9.69. The van der Waals surface area contributed by atoms with Crippen LogP contribution < -0.4 is 5.73 Å². The number of hydrogen-bond acceptors (Lipinski definition) is 1. The highest BCUT2D eigenvalue weighted by atomic mass is 14.6. The molecule has 1 rings (SSSR count). The molecular weight excluding hydrogens is 146 g/mol. The lowest BCUT2D eigenvalue weighted by molar-refractivity contribution is 0.203. The Hall–Kier alpha value is -0.300. The summed E-state index contributed by atoms with van der Waals surface area (Å²) in [7, 11) is 0. The molecule has 2 N–H and O–H groups in total. The molecule has 0 radical (unpaired) electrons. The van der Waals surface area contributed by atoms with Gasteiger partial charge in [0.05, 0.1) is 0 Å². The topological polar surface area (TPSA) is 26.0 Å². The molecular formula is C11H21N. The van der Waals surface area contributed by atoms with Crippen molar-refractivity contribution in [3.05, 3.63) is 11.6 Å². The van der Waals surface area contributed by atoms with Crippen molar-refractivity contribution in [2.75, 3.05) is 6.54 Å². The van der Waals surface area contributed by atoms with E-state index in [9.17, 15) is 0 Å². The van der Waals surface area contributed by atoms with Crippen LogP contribution in [0.5, 0.6) is 0 Å². The van der Waals surface area contributed by atoms with E-state index in [1.807, 2.05) is 0 Å². The third-order valence-corrected chi connectivity index (χ3v) is 3.22. The summed E-state index contributed by atoms with van der Waals surface area (Å²) < 4.78 is 0. The van der Waals surface area contributed by atoms with Gasteiger partial charge >= 0.3 is 0 Å². The smallest absolute Gasteiger partial charge is 0.00407 e. The Morgan fingerprint density at radius 3 is 2.67 bits per heavy atom. The van der Waals surface area contributed by atoms with Crippen LogP contribution in [0.3, 0.4) is 0 Å². The average Bonchev–Trinajstić information content (AvgIpc) is 2.02. The molecule has 0 heterocycles. The van der Waals surface area contributed by atoms with Gasteiger partial charge in [-0.1, -0.05) is 32.4 Å². The maximum Gasteiger partial charge on any atom is -0.00407 e. The molecule has 0 aromatic rings. The molecule has 0 bridgehead atoms. The first-order valence-electron chi connectivity index (χ1n) is 4.98. The summed E-state index contributed by atoms with van der Waals surface area (Å²) >= 11 is 0. The standard InChI is InChI=1S/C11H21N/c1-4-9-5-6-10(8-12)11(2,3)7-9/h5,10H,4,6-8,12H2,1-3H3. The number of nitrogens with two attached hydrogens (primary N) is 1. The summed E-state index contributed by atoms with van der Waals surface area (Å²) in [5.41, 5.74) is 7.78. The Bertz CT molecular complexity index is 179. The second-order valence-electron chi connectivity index (χ2n) is 4.55. The van der Waals surface area contributed by atoms with Gasteiger partial charge in [-0.15, -0.1) is 0 Å². The molecule has 1 aliphatic rings. The monoisotopic (exact) mass is 167 g/mol. The van der Waals surface area contributed by atoms with E-state index in [0.29, 0.717) is 11.3 Å². The predicted octanol–water partition coefficient (Wildman–Crippen LogP) is 2.72. The van der Waals surface area contributed by atoms with Crippen molar-refractivity contribution in [2.45, 2.75) is 40.0 Å². The quantitative estimate of drug-likeness (QED) is 0.629. The first kappa shape index (κ1) is 9.79. The summed E-state index contributed by atoms with van der Waals surface area (Å²) in [5.74, 6) is 0.688. The second kappa shape index (κ2) is 3.61. The highest BCUT2D eigenvalue weighted by molar-refractivity contribution is 5.10. The highest BCUT2D eigenvalue weighted by Gasteiger charge is 2.31. The third-order valence-electron chi connectivity index (χ3n) is 3.22. The summed E-state index contributed by atoms with van der Waals surface area (Å²) in [5, 5.41) is 0. The molecule has 70 valence electrons.